The van der Waals surface area contributed by atoms with E-state index in [1.807, 2.05) is 53.6 Å². The van der Waals surface area contributed by atoms with E-state index in [0.717, 1.165) is 17.1 Å². The molecule has 1 aliphatic heterocycles. The molecule has 0 bridgehead atoms. The van der Waals surface area contributed by atoms with Crippen molar-refractivity contribution in [1.29, 1.82) is 0 Å². The molecule has 4 heteroatoms. The molecule has 0 saturated heterocycles. The smallest absolute Gasteiger partial charge is 0.177 e. The Kier molecular flexibility index (Phi) is 2.70. The first kappa shape index (κ1) is 10.8. The third-order valence-electron chi connectivity index (χ3n) is 2.83. The Labute approximate surface area is 106 Å². The van der Waals surface area contributed by atoms with Gasteiger partial charge in [-0.2, -0.15) is 0 Å². The second-order valence-electron chi connectivity index (χ2n) is 4.07. The van der Waals surface area contributed by atoms with Crippen LogP contribution in [0.15, 0.2) is 65.8 Å². The highest BCUT2D eigenvalue weighted by atomic mass is 15.9. The van der Waals surface area contributed by atoms with Crippen LogP contribution in [0, 0.1) is 0 Å². The first-order valence-corrected chi connectivity index (χ1v) is 5.84. The quantitative estimate of drug-likeness (QED) is 0.870. The average Bonchev–Trinajstić information content (AvgIpc) is 2.83. The number of rotatable bonds is 2. The van der Waals surface area contributed by atoms with E-state index in [9.17, 15) is 0 Å². The summed E-state index contributed by atoms with van der Waals surface area (Å²) in [6, 6.07) is 20.3. The molecule has 0 aliphatic carbocycles. The van der Waals surface area contributed by atoms with Gasteiger partial charge in [0.25, 0.3) is 0 Å². The lowest BCUT2D eigenvalue weighted by Gasteiger charge is -2.26. The molecular weight excluding hydrogens is 224 g/mol. The number of nitrogens with zero attached hydrogens (tertiary/aromatic N) is 3. The summed E-state index contributed by atoms with van der Waals surface area (Å²) in [5.74, 6) is 0.893. The molecule has 2 aromatic rings. The number of hydrogen-bond donors (Lipinski definition) is 1. The van der Waals surface area contributed by atoms with Crippen LogP contribution in [0.5, 0.6) is 0 Å². The van der Waals surface area contributed by atoms with E-state index in [4.69, 9.17) is 0 Å². The van der Waals surface area contributed by atoms with Gasteiger partial charge in [-0.3, -0.25) is 0 Å². The minimum Gasteiger partial charge on any atom is -0.236 e. The van der Waals surface area contributed by atoms with E-state index in [-0.39, 0.29) is 0 Å². The molecule has 0 radical (unpaired) electrons. The molecule has 0 atom stereocenters. The summed E-state index contributed by atoms with van der Waals surface area (Å²) in [5, 5.41) is 8.26. The molecule has 0 fully saturated rings. The Balaban J connectivity index is 2.00. The second kappa shape index (κ2) is 4.50. The van der Waals surface area contributed by atoms with Gasteiger partial charge in [-0.25, -0.2) is 10.5 Å². The fourth-order valence-corrected chi connectivity index (χ4v) is 1.99. The maximum Gasteiger partial charge on any atom is 0.177 e. The molecule has 0 spiro atoms. The molecule has 0 saturated carbocycles. The fourth-order valence-electron chi connectivity index (χ4n) is 1.99. The lowest BCUT2D eigenvalue weighted by Crippen LogP contribution is -2.43. The number of nitrogens with one attached hydrogen (secondary N) is 1. The van der Waals surface area contributed by atoms with Gasteiger partial charge in [0.05, 0.1) is 5.69 Å². The summed E-state index contributed by atoms with van der Waals surface area (Å²) in [5.41, 5.74) is 5.12. The number of benzene rings is 2. The molecule has 90 valence electrons. The summed E-state index contributed by atoms with van der Waals surface area (Å²) in [6.07, 6.45) is 0. The van der Waals surface area contributed by atoms with Crippen molar-refractivity contribution in [2.75, 3.05) is 12.1 Å². The highest BCUT2D eigenvalue weighted by Crippen LogP contribution is 2.20. The van der Waals surface area contributed by atoms with Crippen LogP contribution in [0.1, 0.15) is 5.56 Å². The largest absolute Gasteiger partial charge is 0.236 e. The Morgan fingerprint density at radius 3 is 2.17 bits per heavy atom. The van der Waals surface area contributed by atoms with Gasteiger partial charge in [0.1, 0.15) is 0 Å². The van der Waals surface area contributed by atoms with Crippen LogP contribution in [0.25, 0.3) is 0 Å². The minimum absolute atomic E-state index is 0.893. The van der Waals surface area contributed by atoms with E-state index in [1.54, 1.807) is 0 Å². The third kappa shape index (κ3) is 1.83. The molecule has 3 rings (SSSR count). The highest BCUT2D eigenvalue weighted by Gasteiger charge is 2.24. The Morgan fingerprint density at radius 1 is 0.889 bits per heavy atom. The van der Waals surface area contributed by atoms with Crippen molar-refractivity contribution in [3.05, 3.63) is 66.2 Å². The van der Waals surface area contributed by atoms with Crippen LogP contribution in [-0.2, 0) is 0 Å². The maximum absolute atomic E-state index is 4.36. The maximum atomic E-state index is 4.36. The van der Waals surface area contributed by atoms with Crippen molar-refractivity contribution in [2.24, 2.45) is 5.10 Å². The van der Waals surface area contributed by atoms with Gasteiger partial charge < -0.3 is 0 Å². The molecule has 0 aromatic heterocycles. The number of hydrazine groups is 2. The second-order valence-corrected chi connectivity index (χ2v) is 4.07. The van der Waals surface area contributed by atoms with Gasteiger partial charge in [-0.1, -0.05) is 48.5 Å². The van der Waals surface area contributed by atoms with E-state index >= 15 is 0 Å². The summed E-state index contributed by atoms with van der Waals surface area (Å²) in [4.78, 5) is 0. The normalized spacial score (nSPS) is 15.4. The lowest BCUT2D eigenvalue weighted by molar-refractivity contribution is 0.278. The Hall–Kier alpha value is -2.33. The number of para-hydroxylation sites is 1. The van der Waals surface area contributed by atoms with Crippen molar-refractivity contribution >= 4 is 11.5 Å². The van der Waals surface area contributed by atoms with Gasteiger partial charge in [-0.05, 0) is 12.1 Å². The minimum atomic E-state index is 0.893. The first-order chi connectivity index (χ1) is 8.86. The van der Waals surface area contributed by atoms with Crippen molar-refractivity contribution in [3.8, 4) is 0 Å². The van der Waals surface area contributed by atoms with Crippen LogP contribution in [0.4, 0.5) is 5.69 Å². The average molecular weight is 238 g/mol. The van der Waals surface area contributed by atoms with Gasteiger partial charge in [-0.15, -0.1) is 10.2 Å². The zero-order chi connectivity index (χ0) is 12.4. The number of hydrazone groups is 1. The van der Waals surface area contributed by atoms with Gasteiger partial charge in [0, 0.05) is 12.6 Å². The molecule has 0 unspecified atom stereocenters. The van der Waals surface area contributed by atoms with Crippen LogP contribution in [0.2, 0.25) is 0 Å². The zero-order valence-electron chi connectivity index (χ0n) is 10.1. The van der Waals surface area contributed by atoms with E-state index < -0.39 is 0 Å². The number of anilines is 1. The van der Waals surface area contributed by atoms with Crippen LogP contribution in [0.3, 0.4) is 0 Å². The third-order valence-corrected chi connectivity index (χ3v) is 2.83. The van der Waals surface area contributed by atoms with Crippen molar-refractivity contribution in [3.63, 3.8) is 0 Å². The summed E-state index contributed by atoms with van der Waals surface area (Å²) in [7, 11) is 1.94. The monoisotopic (exact) mass is 238 g/mol. The SMILES string of the molecule is CN1NN=C(c2ccccc2)N1c1ccccc1. The van der Waals surface area contributed by atoms with Crippen molar-refractivity contribution < 1.29 is 0 Å². The van der Waals surface area contributed by atoms with E-state index in [0.29, 0.717) is 0 Å². The predicted octanol–water partition coefficient (Wildman–Crippen LogP) is 2.22. The first-order valence-electron chi connectivity index (χ1n) is 5.84. The number of hydrogen-bond acceptors (Lipinski definition) is 4. The molecule has 1 heterocycles. The molecule has 1 N–H and O–H groups in total. The fraction of sp³-hybridized carbons (Fsp3) is 0.0714. The lowest BCUT2D eigenvalue weighted by atomic mass is 10.2. The molecular formula is C14H14N4. The van der Waals surface area contributed by atoms with Crippen molar-refractivity contribution in [2.45, 2.75) is 0 Å². The molecule has 4 nitrogen and oxygen atoms in total. The molecule has 2 aromatic carbocycles. The van der Waals surface area contributed by atoms with Crippen molar-refractivity contribution in [1.82, 2.24) is 10.7 Å². The van der Waals surface area contributed by atoms with E-state index in [1.165, 1.54) is 0 Å². The van der Waals surface area contributed by atoms with Crippen LogP contribution < -0.4 is 10.5 Å². The Morgan fingerprint density at radius 2 is 1.50 bits per heavy atom. The predicted molar refractivity (Wildman–Crippen MR) is 72.8 cm³/mol. The van der Waals surface area contributed by atoms with E-state index in [2.05, 4.69) is 34.9 Å². The highest BCUT2D eigenvalue weighted by molar-refractivity contribution is 6.09. The Bertz CT molecular complexity index is 551. The summed E-state index contributed by atoms with van der Waals surface area (Å²) >= 11 is 0. The molecule has 0 amide bonds. The topological polar surface area (TPSA) is 30.9 Å². The summed E-state index contributed by atoms with van der Waals surface area (Å²) < 4.78 is 0. The van der Waals surface area contributed by atoms with Gasteiger partial charge in [0.2, 0.25) is 0 Å². The van der Waals surface area contributed by atoms with Gasteiger partial charge >= 0.3 is 0 Å². The molecule has 1 aliphatic rings. The van der Waals surface area contributed by atoms with Crippen LogP contribution >= 0.6 is 0 Å². The van der Waals surface area contributed by atoms with Crippen LogP contribution in [-0.4, -0.2) is 18.0 Å². The zero-order valence-corrected chi connectivity index (χ0v) is 10.1. The standard InChI is InChI=1S/C14H14N4/c1-17-16-15-14(12-8-4-2-5-9-12)18(17)13-10-6-3-7-11-13/h2-11,16H,1H3. The summed E-state index contributed by atoms with van der Waals surface area (Å²) in [6.45, 7) is 0. The van der Waals surface area contributed by atoms with Gasteiger partial charge in [0.15, 0.2) is 5.84 Å². The number of amidine groups is 1. The molecule has 18 heavy (non-hydrogen) atoms.